The fourth-order valence-corrected chi connectivity index (χ4v) is 2.64. The highest BCUT2D eigenvalue weighted by molar-refractivity contribution is 7.15. The van der Waals surface area contributed by atoms with E-state index in [1.807, 2.05) is 30.5 Å². The number of rotatable bonds is 3. The Morgan fingerprint density at radius 3 is 2.67 bits per heavy atom. The van der Waals surface area contributed by atoms with Gasteiger partial charge in [-0.05, 0) is 6.07 Å². The molecule has 1 aromatic heterocycles. The van der Waals surface area contributed by atoms with E-state index in [0.717, 1.165) is 21.1 Å². The van der Waals surface area contributed by atoms with Crippen LogP contribution in [0.25, 0.3) is 10.4 Å². The summed E-state index contributed by atoms with van der Waals surface area (Å²) in [5.41, 5.74) is 1.86. The Bertz CT molecular complexity index is 560. The molecule has 0 saturated heterocycles. The second kappa shape index (κ2) is 5.31. The summed E-state index contributed by atoms with van der Waals surface area (Å²) < 4.78 is 0. The van der Waals surface area contributed by atoms with Crippen molar-refractivity contribution in [1.82, 2.24) is 4.98 Å². The summed E-state index contributed by atoms with van der Waals surface area (Å²) in [6.45, 7) is 5.77. The largest absolute Gasteiger partial charge is 0.326 e. The van der Waals surface area contributed by atoms with Gasteiger partial charge < -0.3 is 5.32 Å². The van der Waals surface area contributed by atoms with Crippen molar-refractivity contribution in [3.05, 3.63) is 35.5 Å². The Kier molecular flexibility index (Phi) is 3.77. The summed E-state index contributed by atoms with van der Waals surface area (Å²) in [5, 5.41) is 3.96. The molecule has 0 unspecified atom stereocenters. The van der Waals surface area contributed by atoms with Gasteiger partial charge in [-0.3, -0.25) is 4.79 Å². The molecule has 2 rings (SSSR count). The maximum atomic E-state index is 11.2. The van der Waals surface area contributed by atoms with E-state index in [2.05, 4.69) is 24.1 Å². The van der Waals surface area contributed by atoms with Gasteiger partial charge in [-0.25, -0.2) is 4.98 Å². The van der Waals surface area contributed by atoms with Crippen molar-refractivity contribution >= 4 is 22.9 Å². The van der Waals surface area contributed by atoms with Gasteiger partial charge in [0.15, 0.2) is 0 Å². The third-order valence-corrected chi connectivity index (χ3v) is 3.85. The van der Waals surface area contributed by atoms with E-state index in [1.54, 1.807) is 11.3 Å². The minimum Gasteiger partial charge on any atom is -0.326 e. The molecule has 1 heterocycles. The van der Waals surface area contributed by atoms with Crippen LogP contribution >= 0.6 is 11.3 Å². The Morgan fingerprint density at radius 1 is 1.33 bits per heavy atom. The SMILES string of the molecule is CC(=O)Nc1ccccc1-c1cnc(C(C)C)s1. The zero-order valence-corrected chi connectivity index (χ0v) is 11.5. The highest BCUT2D eigenvalue weighted by atomic mass is 32.1. The van der Waals surface area contributed by atoms with Crippen LogP contribution in [0.4, 0.5) is 5.69 Å². The minimum atomic E-state index is -0.0592. The van der Waals surface area contributed by atoms with Crippen LogP contribution in [-0.2, 0) is 4.79 Å². The van der Waals surface area contributed by atoms with Crippen LogP contribution in [0.3, 0.4) is 0 Å². The first kappa shape index (κ1) is 12.8. The van der Waals surface area contributed by atoms with Crippen molar-refractivity contribution in [2.24, 2.45) is 0 Å². The normalized spacial score (nSPS) is 10.7. The molecule has 0 aliphatic carbocycles. The lowest BCUT2D eigenvalue weighted by Crippen LogP contribution is -2.06. The molecule has 3 nitrogen and oxygen atoms in total. The van der Waals surface area contributed by atoms with Gasteiger partial charge in [0.2, 0.25) is 5.91 Å². The molecule has 0 bridgehead atoms. The van der Waals surface area contributed by atoms with Crippen molar-refractivity contribution in [2.75, 3.05) is 5.32 Å². The molecule has 0 radical (unpaired) electrons. The molecule has 1 amide bonds. The molecule has 18 heavy (non-hydrogen) atoms. The summed E-state index contributed by atoms with van der Waals surface area (Å²) in [7, 11) is 0. The van der Waals surface area contributed by atoms with E-state index in [0.29, 0.717) is 5.92 Å². The van der Waals surface area contributed by atoms with Crippen LogP contribution in [0, 0.1) is 0 Å². The molecule has 1 aromatic carbocycles. The molecular formula is C14H16N2OS. The van der Waals surface area contributed by atoms with Crippen LogP contribution in [0.5, 0.6) is 0 Å². The van der Waals surface area contributed by atoms with E-state index in [-0.39, 0.29) is 5.91 Å². The number of carbonyl (C=O) groups is 1. The fourth-order valence-electron chi connectivity index (χ4n) is 1.68. The maximum absolute atomic E-state index is 11.2. The summed E-state index contributed by atoms with van der Waals surface area (Å²) in [4.78, 5) is 16.7. The highest BCUT2D eigenvalue weighted by Crippen LogP contribution is 2.34. The first-order chi connectivity index (χ1) is 8.58. The number of aromatic nitrogens is 1. The second-order valence-corrected chi connectivity index (χ2v) is 5.51. The average Bonchev–Trinajstić information content (AvgIpc) is 2.78. The number of thiazole rings is 1. The molecule has 0 saturated carbocycles. The molecule has 0 aliphatic heterocycles. The molecule has 94 valence electrons. The number of hydrogen-bond acceptors (Lipinski definition) is 3. The van der Waals surface area contributed by atoms with Gasteiger partial charge in [-0.15, -0.1) is 11.3 Å². The number of anilines is 1. The van der Waals surface area contributed by atoms with E-state index in [1.165, 1.54) is 6.92 Å². The van der Waals surface area contributed by atoms with Gasteiger partial charge in [-0.2, -0.15) is 0 Å². The van der Waals surface area contributed by atoms with Crippen LogP contribution in [0.15, 0.2) is 30.5 Å². The molecule has 0 spiro atoms. The summed E-state index contributed by atoms with van der Waals surface area (Å²) >= 11 is 1.67. The summed E-state index contributed by atoms with van der Waals surface area (Å²) in [5.74, 6) is 0.368. The summed E-state index contributed by atoms with van der Waals surface area (Å²) in [6.07, 6.45) is 1.88. The number of nitrogens with one attached hydrogen (secondary N) is 1. The molecule has 0 atom stereocenters. The Labute approximate surface area is 111 Å². The van der Waals surface area contributed by atoms with E-state index in [4.69, 9.17) is 0 Å². The van der Waals surface area contributed by atoms with Crippen molar-refractivity contribution in [1.29, 1.82) is 0 Å². The lowest BCUT2D eigenvalue weighted by molar-refractivity contribution is -0.114. The van der Waals surface area contributed by atoms with Crippen LogP contribution in [-0.4, -0.2) is 10.9 Å². The first-order valence-corrected chi connectivity index (χ1v) is 6.72. The highest BCUT2D eigenvalue weighted by Gasteiger charge is 2.11. The summed E-state index contributed by atoms with van der Waals surface area (Å²) in [6, 6.07) is 7.79. The van der Waals surface area contributed by atoms with E-state index >= 15 is 0 Å². The lowest BCUT2D eigenvalue weighted by Gasteiger charge is -2.07. The molecule has 0 fully saturated rings. The minimum absolute atomic E-state index is 0.0592. The van der Waals surface area contributed by atoms with Crippen molar-refractivity contribution in [3.63, 3.8) is 0 Å². The van der Waals surface area contributed by atoms with E-state index < -0.39 is 0 Å². The average molecular weight is 260 g/mol. The van der Waals surface area contributed by atoms with Gasteiger partial charge in [0, 0.05) is 30.3 Å². The fraction of sp³-hybridized carbons (Fsp3) is 0.286. The molecule has 2 aromatic rings. The molecule has 0 aliphatic rings. The lowest BCUT2D eigenvalue weighted by atomic mass is 10.1. The predicted octanol–water partition coefficient (Wildman–Crippen LogP) is 3.89. The van der Waals surface area contributed by atoms with Gasteiger partial charge in [0.1, 0.15) is 0 Å². The topological polar surface area (TPSA) is 42.0 Å². The maximum Gasteiger partial charge on any atom is 0.221 e. The van der Waals surface area contributed by atoms with Crippen LogP contribution in [0.1, 0.15) is 31.7 Å². The van der Waals surface area contributed by atoms with Crippen molar-refractivity contribution in [3.8, 4) is 10.4 Å². The van der Waals surface area contributed by atoms with Crippen molar-refractivity contribution < 1.29 is 4.79 Å². The second-order valence-electron chi connectivity index (χ2n) is 4.44. The first-order valence-electron chi connectivity index (χ1n) is 5.90. The standard InChI is InChI=1S/C14H16N2OS/c1-9(2)14-15-8-13(18-14)11-6-4-5-7-12(11)16-10(3)17/h4-9H,1-3H3,(H,16,17). The quantitative estimate of drug-likeness (QED) is 0.909. The monoisotopic (exact) mass is 260 g/mol. The molecule has 1 N–H and O–H groups in total. The van der Waals surface area contributed by atoms with Gasteiger partial charge in [0.05, 0.1) is 9.88 Å². The van der Waals surface area contributed by atoms with Gasteiger partial charge >= 0.3 is 0 Å². The third kappa shape index (κ3) is 2.76. The number of para-hydroxylation sites is 1. The molecular weight excluding hydrogens is 244 g/mol. The van der Waals surface area contributed by atoms with Gasteiger partial charge in [-0.1, -0.05) is 32.0 Å². The Hall–Kier alpha value is -1.68. The third-order valence-electron chi connectivity index (χ3n) is 2.52. The van der Waals surface area contributed by atoms with Crippen molar-refractivity contribution in [2.45, 2.75) is 26.7 Å². The predicted molar refractivity (Wildman–Crippen MR) is 75.9 cm³/mol. The van der Waals surface area contributed by atoms with Gasteiger partial charge in [0.25, 0.3) is 0 Å². The number of nitrogens with zero attached hydrogens (tertiary/aromatic N) is 1. The number of carbonyl (C=O) groups excluding carboxylic acids is 1. The molecule has 4 heteroatoms. The van der Waals surface area contributed by atoms with Crippen LogP contribution in [0.2, 0.25) is 0 Å². The Morgan fingerprint density at radius 2 is 2.06 bits per heavy atom. The Balaban J connectivity index is 2.39. The zero-order valence-electron chi connectivity index (χ0n) is 10.7. The zero-order chi connectivity index (χ0) is 13.1. The number of hydrogen-bond donors (Lipinski definition) is 1. The number of benzene rings is 1. The number of amides is 1. The van der Waals surface area contributed by atoms with Crippen LogP contribution < -0.4 is 5.32 Å². The smallest absolute Gasteiger partial charge is 0.221 e. The van der Waals surface area contributed by atoms with E-state index in [9.17, 15) is 4.79 Å².